The summed E-state index contributed by atoms with van der Waals surface area (Å²) in [5.74, 6) is 0. The largest absolute Gasteiger partial charge is 0.352 e. The van der Waals surface area contributed by atoms with Crippen LogP contribution in [0.3, 0.4) is 0 Å². The van der Waals surface area contributed by atoms with Crippen molar-refractivity contribution in [2.45, 2.75) is 26.2 Å². The fraction of sp³-hybridized carbons (Fsp3) is 0.167. The van der Waals surface area contributed by atoms with Crippen LogP contribution in [-0.4, -0.2) is 0 Å². The van der Waals surface area contributed by atoms with Gasteiger partial charge in [-0.15, -0.1) is 0 Å². The van der Waals surface area contributed by atoms with E-state index < -0.39 is 0 Å². The van der Waals surface area contributed by atoms with Crippen LogP contribution >= 0.6 is 0 Å². The third-order valence-electron chi connectivity index (χ3n) is 4.91. The van der Waals surface area contributed by atoms with Gasteiger partial charge in [0.1, 0.15) is 0 Å². The maximum atomic E-state index is 4.37. The second-order valence-electron chi connectivity index (χ2n) is 7.88. The second kappa shape index (κ2) is 5.77. The SMILES string of the molecule is C=c1cc(C(C)(C)C)c(=C)cc1N1c2ccccc2Nc2ccccc21. The van der Waals surface area contributed by atoms with Gasteiger partial charge < -0.3 is 10.2 Å². The van der Waals surface area contributed by atoms with E-state index in [9.17, 15) is 0 Å². The molecular weight excluding hydrogens is 316 g/mol. The molecule has 0 aromatic heterocycles. The van der Waals surface area contributed by atoms with Crippen molar-refractivity contribution < 1.29 is 0 Å². The first-order chi connectivity index (χ1) is 12.4. The van der Waals surface area contributed by atoms with Gasteiger partial charge in [-0.2, -0.15) is 0 Å². The standard InChI is InChI=1S/C24H24N2/c1-16-15-23(17(2)14-18(16)24(3,4)5)26-21-12-8-6-10-19(21)25-20-11-7-9-13-22(20)26/h6-15,25H,1-2H2,3-5H3. The van der Waals surface area contributed by atoms with Gasteiger partial charge in [0.15, 0.2) is 0 Å². The molecule has 0 spiro atoms. The molecule has 0 unspecified atom stereocenters. The lowest BCUT2D eigenvalue weighted by Crippen LogP contribution is -2.29. The second-order valence-corrected chi connectivity index (χ2v) is 7.88. The Balaban J connectivity index is 1.99. The molecule has 1 aliphatic rings. The predicted octanol–water partition coefficient (Wildman–Crippen LogP) is 5.33. The van der Waals surface area contributed by atoms with E-state index in [2.05, 4.69) is 105 Å². The zero-order chi connectivity index (χ0) is 18.5. The lowest BCUT2D eigenvalue weighted by molar-refractivity contribution is 0.586. The average molecular weight is 340 g/mol. The highest BCUT2D eigenvalue weighted by molar-refractivity contribution is 5.96. The Kier molecular flexibility index (Phi) is 3.66. The zero-order valence-corrected chi connectivity index (χ0v) is 15.6. The van der Waals surface area contributed by atoms with Crippen LogP contribution in [0, 0.1) is 0 Å². The monoisotopic (exact) mass is 340 g/mol. The number of anilines is 5. The van der Waals surface area contributed by atoms with Crippen LogP contribution in [0.2, 0.25) is 0 Å². The number of nitrogens with one attached hydrogen (secondary N) is 1. The molecule has 0 radical (unpaired) electrons. The minimum absolute atomic E-state index is 0.0430. The molecule has 0 saturated carbocycles. The van der Waals surface area contributed by atoms with Gasteiger partial charge in [-0.25, -0.2) is 0 Å². The van der Waals surface area contributed by atoms with Crippen LogP contribution in [0.15, 0.2) is 60.7 Å². The Hall–Kier alpha value is -3.00. The topological polar surface area (TPSA) is 15.3 Å². The highest BCUT2D eigenvalue weighted by atomic mass is 15.2. The molecule has 2 nitrogen and oxygen atoms in total. The molecule has 1 aliphatic heterocycles. The third-order valence-corrected chi connectivity index (χ3v) is 4.91. The Morgan fingerprint density at radius 2 is 1.27 bits per heavy atom. The molecule has 0 bridgehead atoms. The van der Waals surface area contributed by atoms with Gasteiger partial charge in [-0.05, 0) is 57.8 Å². The van der Waals surface area contributed by atoms with Crippen LogP contribution < -0.4 is 20.7 Å². The molecule has 0 aliphatic carbocycles. The molecule has 0 atom stereocenters. The fourth-order valence-corrected chi connectivity index (χ4v) is 3.67. The lowest BCUT2D eigenvalue weighted by Gasteiger charge is -2.34. The molecule has 2 heteroatoms. The van der Waals surface area contributed by atoms with Crippen molar-refractivity contribution in [3.05, 3.63) is 76.7 Å². The first-order valence-electron chi connectivity index (χ1n) is 8.94. The summed E-state index contributed by atoms with van der Waals surface area (Å²) in [5, 5.41) is 5.59. The average Bonchev–Trinajstić information content (AvgIpc) is 2.60. The maximum Gasteiger partial charge on any atom is 0.0697 e. The van der Waals surface area contributed by atoms with Crippen molar-refractivity contribution in [3.8, 4) is 0 Å². The molecule has 0 saturated heterocycles. The Morgan fingerprint density at radius 3 is 1.81 bits per heavy atom. The van der Waals surface area contributed by atoms with Gasteiger partial charge in [0.25, 0.3) is 0 Å². The van der Waals surface area contributed by atoms with Gasteiger partial charge >= 0.3 is 0 Å². The van der Waals surface area contributed by atoms with E-state index >= 15 is 0 Å². The summed E-state index contributed by atoms with van der Waals surface area (Å²) in [6.45, 7) is 15.3. The fourth-order valence-electron chi connectivity index (χ4n) is 3.67. The number of nitrogens with zero attached hydrogens (tertiary/aromatic N) is 1. The van der Waals surface area contributed by atoms with Gasteiger partial charge in [-0.1, -0.05) is 58.2 Å². The highest BCUT2D eigenvalue weighted by Crippen LogP contribution is 2.46. The minimum atomic E-state index is 0.0430. The summed E-state index contributed by atoms with van der Waals surface area (Å²) in [6.07, 6.45) is 0. The lowest BCUT2D eigenvalue weighted by atomic mass is 9.85. The first kappa shape index (κ1) is 16.5. The number of hydrogen-bond donors (Lipinski definition) is 1. The summed E-state index contributed by atoms with van der Waals surface area (Å²) < 4.78 is 0. The van der Waals surface area contributed by atoms with Gasteiger partial charge in [0.2, 0.25) is 0 Å². The third kappa shape index (κ3) is 2.59. The number of hydrogen-bond acceptors (Lipinski definition) is 2. The summed E-state index contributed by atoms with van der Waals surface area (Å²) in [6, 6.07) is 21.1. The molecule has 0 fully saturated rings. The van der Waals surface area contributed by atoms with Crippen LogP contribution in [0.5, 0.6) is 0 Å². The molecule has 3 aromatic rings. The van der Waals surface area contributed by atoms with Crippen LogP contribution in [0.25, 0.3) is 13.2 Å². The predicted molar refractivity (Wildman–Crippen MR) is 113 cm³/mol. The Morgan fingerprint density at radius 1 is 0.731 bits per heavy atom. The number of rotatable bonds is 1. The van der Waals surface area contributed by atoms with E-state index in [1.807, 2.05) is 0 Å². The van der Waals surface area contributed by atoms with E-state index in [1.54, 1.807) is 0 Å². The van der Waals surface area contributed by atoms with Crippen molar-refractivity contribution in [1.82, 2.24) is 0 Å². The normalized spacial score (nSPS) is 13.0. The Labute approximate surface area is 155 Å². The smallest absolute Gasteiger partial charge is 0.0697 e. The Bertz CT molecular complexity index is 1040. The summed E-state index contributed by atoms with van der Waals surface area (Å²) in [7, 11) is 0. The summed E-state index contributed by atoms with van der Waals surface area (Å²) in [5.41, 5.74) is 6.79. The molecular formula is C24H24N2. The molecule has 1 heterocycles. The van der Waals surface area contributed by atoms with Crippen LogP contribution in [0.1, 0.15) is 26.3 Å². The van der Waals surface area contributed by atoms with Crippen molar-refractivity contribution >= 4 is 41.6 Å². The van der Waals surface area contributed by atoms with Gasteiger partial charge in [0.05, 0.1) is 28.4 Å². The van der Waals surface area contributed by atoms with Gasteiger partial charge in [-0.3, -0.25) is 0 Å². The van der Waals surface area contributed by atoms with Crippen LogP contribution in [-0.2, 0) is 5.41 Å². The molecule has 4 rings (SSSR count). The van der Waals surface area contributed by atoms with Crippen LogP contribution in [0.4, 0.5) is 28.4 Å². The molecule has 0 amide bonds. The molecule has 130 valence electrons. The minimum Gasteiger partial charge on any atom is -0.352 e. The number of fused-ring (bicyclic) bond motifs is 2. The number of benzene rings is 3. The first-order valence-corrected chi connectivity index (χ1v) is 8.94. The highest BCUT2D eigenvalue weighted by Gasteiger charge is 2.25. The van der Waals surface area contributed by atoms with Gasteiger partial charge in [0, 0.05) is 0 Å². The van der Waals surface area contributed by atoms with E-state index in [4.69, 9.17) is 0 Å². The zero-order valence-electron chi connectivity index (χ0n) is 15.6. The van der Waals surface area contributed by atoms with Crippen molar-refractivity contribution in [2.24, 2.45) is 0 Å². The maximum absolute atomic E-state index is 4.37. The quantitative estimate of drug-likeness (QED) is 0.504. The number of para-hydroxylation sites is 4. The van der Waals surface area contributed by atoms with Crippen molar-refractivity contribution in [3.63, 3.8) is 0 Å². The van der Waals surface area contributed by atoms with E-state index in [0.29, 0.717) is 0 Å². The summed E-state index contributed by atoms with van der Waals surface area (Å²) in [4.78, 5) is 2.28. The molecule has 1 N–H and O–H groups in total. The summed E-state index contributed by atoms with van der Waals surface area (Å²) >= 11 is 0. The molecule has 3 aromatic carbocycles. The van der Waals surface area contributed by atoms with Crippen molar-refractivity contribution in [1.29, 1.82) is 0 Å². The van der Waals surface area contributed by atoms with E-state index in [-0.39, 0.29) is 5.41 Å². The van der Waals surface area contributed by atoms with Crippen molar-refractivity contribution in [2.75, 3.05) is 10.2 Å². The van der Waals surface area contributed by atoms with E-state index in [0.717, 1.165) is 38.9 Å². The van der Waals surface area contributed by atoms with E-state index in [1.165, 1.54) is 5.56 Å². The molecule has 26 heavy (non-hydrogen) atoms.